The maximum Gasteiger partial charge on any atom is 0.254 e. The van der Waals surface area contributed by atoms with Gasteiger partial charge >= 0.3 is 0 Å². The van der Waals surface area contributed by atoms with Crippen LogP contribution in [0.15, 0.2) is 42.7 Å². The molecule has 2 atom stereocenters. The number of nitrogens with zero attached hydrogens (tertiary/aromatic N) is 4. The highest BCUT2D eigenvalue weighted by Gasteiger charge is 2.38. The second kappa shape index (κ2) is 8.91. The lowest BCUT2D eigenvalue weighted by atomic mass is 10.1. The maximum atomic E-state index is 12.4. The SMILES string of the molecule is CCC1C(=O)N(N)CCN1C1NC=C(c2cccc(Nc3nccc(C(C)C)n3)c2)O1. The molecule has 9 heteroatoms. The van der Waals surface area contributed by atoms with E-state index in [1.165, 1.54) is 5.01 Å². The second-order valence-electron chi connectivity index (χ2n) is 8.00. The molecule has 1 aromatic heterocycles. The first-order valence-corrected chi connectivity index (χ1v) is 10.6. The van der Waals surface area contributed by atoms with Crippen molar-refractivity contribution < 1.29 is 9.53 Å². The van der Waals surface area contributed by atoms with E-state index in [-0.39, 0.29) is 11.9 Å². The molecule has 0 bridgehead atoms. The van der Waals surface area contributed by atoms with Gasteiger partial charge in [-0.1, -0.05) is 32.9 Å². The van der Waals surface area contributed by atoms with Crippen LogP contribution in [-0.4, -0.2) is 51.3 Å². The predicted molar refractivity (Wildman–Crippen MR) is 119 cm³/mol. The van der Waals surface area contributed by atoms with Gasteiger partial charge in [-0.15, -0.1) is 0 Å². The van der Waals surface area contributed by atoms with E-state index >= 15 is 0 Å². The molecular weight excluding hydrogens is 394 g/mol. The summed E-state index contributed by atoms with van der Waals surface area (Å²) in [5.41, 5.74) is 2.77. The molecule has 3 heterocycles. The van der Waals surface area contributed by atoms with Crippen LogP contribution in [0, 0.1) is 0 Å². The van der Waals surface area contributed by atoms with Gasteiger partial charge in [0.05, 0.1) is 12.6 Å². The van der Waals surface area contributed by atoms with Crippen LogP contribution in [0.3, 0.4) is 0 Å². The van der Waals surface area contributed by atoms with Crippen LogP contribution < -0.4 is 16.5 Å². The first kappa shape index (κ1) is 21.1. The Morgan fingerprint density at radius 3 is 2.94 bits per heavy atom. The first-order chi connectivity index (χ1) is 15.0. The molecule has 0 aliphatic carbocycles. The van der Waals surface area contributed by atoms with E-state index in [1.54, 1.807) is 6.20 Å². The van der Waals surface area contributed by atoms with Crippen molar-refractivity contribution in [1.29, 1.82) is 0 Å². The molecule has 2 aliphatic rings. The van der Waals surface area contributed by atoms with E-state index in [9.17, 15) is 4.79 Å². The number of nitrogens with two attached hydrogens (primary N) is 1. The second-order valence-corrected chi connectivity index (χ2v) is 8.00. The number of ether oxygens (including phenoxy) is 1. The number of nitrogens with one attached hydrogen (secondary N) is 2. The number of anilines is 2. The van der Waals surface area contributed by atoms with Gasteiger partial charge in [0.2, 0.25) is 12.3 Å². The van der Waals surface area contributed by atoms with Crippen LogP contribution in [0.1, 0.15) is 44.4 Å². The third kappa shape index (κ3) is 4.47. The summed E-state index contributed by atoms with van der Waals surface area (Å²) in [7, 11) is 0. The summed E-state index contributed by atoms with van der Waals surface area (Å²) < 4.78 is 6.16. The van der Waals surface area contributed by atoms with Crippen LogP contribution >= 0.6 is 0 Å². The van der Waals surface area contributed by atoms with Gasteiger partial charge in [0, 0.05) is 35.9 Å². The zero-order valence-electron chi connectivity index (χ0n) is 18.1. The Bertz CT molecular complexity index is 978. The summed E-state index contributed by atoms with van der Waals surface area (Å²) >= 11 is 0. The minimum absolute atomic E-state index is 0.0811. The Hall–Kier alpha value is -3.17. The van der Waals surface area contributed by atoms with E-state index in [0.29, 0.717) is 37.1 Å². The summed E-state index contributed by atoms with van der Waals surface area (Å²) in [6.45, 7) is 7.30. The molecule has 0 saturated carbocycles. The number of rotatable bonds is 6. The number of hydrogen-bond donors (Lipinski definition) is 3. The lowest BCUT2D eigenvalue weighted by Crippen LogP contribution is -2.63. The first-order valence-electron chi connectivity index (χ1n) is 10.6. The van der Waals surface area contributed by atoms with Gasteiger partial charge < -0.3 is 15.4 Å². The third-order valence-corrected chi connectivity index (χ3v) is 5.52. The van der Waals surface area contributed by atoms with Gasteiger partial charge in [0.25, 0.3) is 5.91 Å². The average molecular weight is 424 g/mol. The highest BCUT2D eigenvalue weighted by atomic mass is 16.5. The van der Waals surface area contributed by atoms with Crippen molar-refractivity contribution in [3.63, 3.8) is 0 Å². The number of carbonyl (C=O) groups is 1. The monoisotopic (exact) mass is 423 g/mol. The van der Waals surface area contributed by atoms with E-state index in [2.05, 4.69) is 34.4 Å². The molecule has 1 aromatic carbocycles. The fourth-order valence-electron chi connectivity index (χ4n) is 3.80. The number of benzene rings is 1. The van der Waals surface area contributed by atoms with Crippen molar-refractivity contribution in [2.24, 2.45) is 5.84 Å². The van der Waals surface area contributed by atoms with E-state index in [0.717, 1.165) is 16.9 Å². The fraction of sp³-hybridized carbons (Fsp3) is 0.409. The minimum Gasteiger partial charge on any atom is -0.455 e. The van der Waals surface area contributed by atoms with Crippen molar-refractivity contribution in [2.75, 3.05) is 18.4 Å². The topological polar surface area (TPSA) is 109 Å². The fourth-order valence-corrected chi connectivity index (χ4v) is 3.80. The Balaban J connectivity index is 1.45. The molecule has 1 saturated heterocycles. The lowest BCUT2D eigenvalue weighted by Gasteiger charge is -2.40. The number of aromatic nitrogens is 2. The minimum atomic E-state index is -0.403. The molecule has 2 aliphatic heterocycles. The van der Waals surface area contributed by atoms with Crippen molar-refractivity contribution >= 4 is 23.3 Å². The lowest BCUT2D eigenvalue weighted by molar-refractivity contribution is -0.150. The van der Waals surface area contributed by atoms with E-state index < -0.39 is 6.35 Å². The van der Waals surface area contributed by atoms with Crippen molar-refractivity contribution in [3.05, 3.63) is 54.0 Å². The summed E-state index contributed by atoms with van der Waals surface area (Å²) in [6.07, 6.45) is 3.86. The van der Waals surface area contributed by atoms with Crippen LogP contribution in [0.5, 0.6) is 0 Å². The van der Waals surface area contributed by atoms with Gasteiger partial charge in [-0.2, -0.15) is 0 Å². The summed E-state index contributed by atoms with van der Waals surface area (Å²) in [4.78, 5) is 23.3. The molecule has 4 rings (SSSR count). The summed E-state index contributed by atoms with van der Waals surface area (Å²) in [6, 6.07) is 9.50. The largest absolute Gasteiger partial charge is 0.455 e. The molecule has 4 N–H and O–H groups in total. The molecule has 1 fully saturated rings. The zero-order chi connectivity index (χ0) is 22.0. The van der Waals surface area contributed by atoms with Crippen molar-refractivity contribution in [2.45, 2.75) is 45.5 Å². The number of amides is 1. The smallest absolute Gasteiger partial charge is 0.254 e. The molecule has 164 valence electrons. The van der Waals surface area contributed by atoms with Gasteiger partial charge in [-0.05, 0) is 30.5 Å². The van der Waals surface area contributed by atoms with E-state index in [1.807, 2.05) is 48.4 Å². The number of piperazine rings is 1. The van der Waals surface area contributed by atoms with Crippen molar-refractivity contribution in [1.82, 2.24) is 25.2 Å². The average Bonchev–Trinajstić information content (AvgIpc) is 3.26. The van der Waals surface area contributed by atoms with E-state index in [4.69, 9.17) is 10.6 Å². The molecule has 9 nitrogen and oxygen atoms in total. The van der Waals surface area contributed by atoms with Gasteiger partial charge in [0.1, 0.15) is 5.76 Å². The standard InChI is InChI=1S/C22H29N7O2/c1-4-18-20(30)29(23)11-10-28(18)22-25-13-19(31-22)15-6-5-7-16(12-15)26-21-24-9-8-17(27-21)14(2)3/h5-9,12-14,18,22,25H,4,10-11,23H2,1-3H3,(H,24,26,27). The van der Waals surface area contributed by atoms with Crippen LogP contribution in [-0.2, 0) is 9.53 Å². The van der Waals surface area contributed by atoms with Crippen LogP contribution in [0.25, 0.3) is 5.76 Å². The van der Waals surface area contributed by atoms with Gasteiger partial charge in [0.15, 0.2) is 0 Å². The Morgan fingerprint density at radius 1 is 1.32 bits per heavy atom. The Morgan fingerprint density at radius 2 is 2.16 bits per heavy atom. The predicted octanol–water partition coefficient (Wildman–Crippen LogP) is 2.34. The van der Waals surface area contributed by atoms with Gasteiger partial charge in [-0.25, -0.2) is 20.7 Å². The highest BCUT2D eigenvalue weighted by molar-refractivity contribution is 5.82. The number of carbonyl (C=O) groups excluding carboxylic acids is 1. The number of hydrogen-bond acceptors (Lipinski definition) is 8. The normalized spacial score (nSPS) is 21.6. The molecule has 2 unspecified atom stereocenters. The Kier molecular flexibility index (Phi) is 6.06. The zero-order valence-corrected chi connectivity index (χ0v) is 18.1. The van der Waals surface area contributed by atoms with Crippen molar-refractivity contribution in [3.8, 4) is 0 Å². The molecular formula is C22H29N7O2. The van der Waals surface area contributed by atoms with Gasteiger partial charge in [-0.3, -0.25) is 9.80 Å². The molecule has 0 spiro atoms. The maximum absolute atomic E-state index is 12.4. The molecule has 0 radical (unpaired) electrons. The third-order valence-electron chi connectivity index (χ3n) is 5.52. The van der Waals surface area contributed by atoms with Crippen LogP contribution in [0.4, 0.5) is 11.6 Å². The quantitative estimate of drug-likeness (QED) is 0.480. The highest BCUT2D eigenvalue weighted by Crippen LogP contribution is 2.28. The summed E-state index contributed by atoms with van der Waals surface area (Å²) in [5, 5.41) is 7.80. The Labute approximate surface area is 182 Å². The molecule has 2 aromatic rings. The van der Waals surface area contributed by atoms with Crippen LogP contribution in [0.2, 0.25) is 0 Å². The molecule has 1 amide bonds. The number of hydrazine groups is 1. The molecule has 31 heavy (non-hydrogen) atoms. The summed E-state index contributed by atoms with van der Waals surface area (Å²) in [5.74, 6) is 7.31.